The quantitative estimate of drug-likeness (QED) is 0.514. The van der Waals surface area contributed by atoms with Gasteiger partial charge in [-0.3, -0.25) is 4.79 Å². The van der Waals surface area contributed by atoms with Gasteiger partial charge < -0.3 is 14.9 Å². The van der Waals surface area contributed by atoms with Gasteiger partial charge in [-0.25, -0.2) is 0 Å². The summed E-state index contributed by atoms with van der Waals surface area (Å²) in [6.45, 7) is 6.50. The molecule has 1 aliphatic heterocycles. The minimum Gasteiger partial charge on any atom is -0.508 e. The number of ketones is 1. The molecule has 0 saturated heterocycles. The number of phenolic OH excluding ortho intramolecular Hbond substituents is 1. The van der Waals surface area contributed by atoms with Crippen molar-refractivity contribution in [2.75, 3.05) is 0 Å². The second-order valence-electron chi connectivity index (χ2n) is 7.10. The van der Waals surface area contributed by atoms with Crippen molar-refractivity contribution in [3.05, 3.63) is 40.5 Å². The van der Waals surface area contributed by atoms with Crippen LogP contribution in [0.1, 0.15) is 75.7 Å². The molecule has 0 fully saturated rings. The Balaban J connectivity index is 2.12. The minimum absolute atomic E-state index is 0.158. The molecule has 0 aliphatic carbocycles. The SMILES string of the molecule is CCCCC[C@H](O)C(=O)C[C@@H]1OCc2c(O)ccc(CC=C(C)C)c21. The molecule has 0 saturated carbocycles. The van der Waals surface area contributed by atoms with Gasteiger partial charge in [0.1, 0.15) is 11.9 Å². The average Bonchev–Trinajstić information content (AvgIpc) is 2.99. The highest BCUT2D eigenvalue weighted by atomic mass is 16.5. The lowest BCUT2D eigenvalue weighted by molar-refractivity contribution is -0.130. The van der Waals surface area contributed by atoms with Crippen LogP contribution in [0.15, 0.2) is 23.8 Å². The number of carbonyl (C=O) groups is 1. The van der Waals surface area contributed by atoms with Crippen LogP contribution < -0.4 is 0 Å². The van der Waals surface area contributed by atoms with Crippen molar-refractivity contribution in [2.24, 2.45) is 0 Å². The summed E-state index contributed by atoms with van der Waals surface area (Å²) in [4.78, 5) is 12.4. The molecule has 4 heteroatoms. The fraction of sp³-hybridized carbons (Fsp3) is 0.571. The van der Waals surface area contributed by atoms with E-state index in [1.54, 1.807) is 6.07 Å². The first-order valence-electron chi connectivity index (χ1n) is 9.23. The van der Waals surface area contributed by atoms with Crippen LogP contribution in [-0.4, -0.2) is 22.1 Å². The van der Waals surface area contributed by atoms with Gasteiger partial charge in [0.25, 0.3) is 0 Å². The summed E-state index contributed by atoms with van der Waals surface area (Å²) in [5.74, 6) is 0.0415. The lowest BCUT2D eigenvalue weighted by atomic mass is 9.92. The summed E-state index contributed by atoms with van der Waals surface area (Å²) in [6, 6.07) is 3.59. The summed E-state index contributed by atoms with van der Waals surface area (Å²) in [5.41, 5.74) is 3.99. The van der Waals surface area contributed by atoms with E-state index in [0.717, 1.165) is 42.4 Å². The molecule has 4 nitrogen and oxygen atoms in total. The van der Waals surface area contributed by atoms with E-state index in [-0.39, 0.29) is 24.1 Å². The van der Waals surface area contributed by atoms with Crippen molar-refractivity contribution >= 4 is 5.78 Å². The van der Waals surface area contributed by atoms with Crippen LogP contribution >= 0.6 is 0 Å². The Hall–Kier alpha value is -1.65. The van der Waals surface area contributed by atoms with Crippen molar-refractivity contribution in [3.8, 4) is 5.75 Å². The number of aliphatic hydroxyl groups excluding tert-OH is 1. The normalized spacial score (nSPS) is 17.2. The largest absolute Gasteiger partial charge is 0.508 e. The number of benzene rings is 1. The molecule has 1 aliphatic rings. The summed E-state index contributed by atoms with van der Waals surface area (Å²) in [7, 11) is 0. The maximum atomic E-state index is 12.4. The molecule has 1 heterocycles. The molecular weight excluding hydrogens is 316 g/mol. The monoisotopic (exact) mass is 346 g/mol. The Kier molecular flexibility index (Phi) is 7.21. The number of allylic oxidation sites excluding steroid dienone is 2. The highest BCUT2D eigenvalue weighted by Crippen LogP contribution is 2.40. The van der Waals surface area contributed by atoms with Crippen LogP contribution in [0, 0.1) is 0 Å². The van der Waals surface area contributed by atoms with Gasteiger partial charge in [-0.1, -0.05) is 43.9 Å². The number of Topliss-reactive ketones (excluding diaryl/α,β-unsaturated/α-hetero) is 1. The second-order valence-corrected chi connectivity index (χ2v) is 7.10. The van der Waals surface area contributed by atoms with Crippen LogP contribution in [0.4, 0.5) is 0 Å². The van der Waals surface area contributed by atoms with Crippen LogP contribution in [0.3, 0.4) is 0 Å². The third-order valence-corrected chi connectivity index (χ3v) is 4.74. The molecule has 2 atom stereocenters. The molecule has 1 aromatic carbocycles. The van der Waals surface area contributed by atoms with Crippen LogP contribution in [0.5, 0.6) is 5.75 Å². The molecule has 0 radical (unpaired) electrons. The second kappa shape index (κ2) is 9.16. The van der Waals surface area contributed by atoms with Gasteiger partial charge in [0, 0.05) is 12.0 Å². The van der Waals surface area contributed by atoms with E-state index in [0.29, 0.717) is 13.0 Å². The fourth-order valence-electron chi connectivity index (χ4n) is 3.24. The number of hydrogen-bond acceptors (Lipinski definition) is 4. The maximum absolute atomic E-state index is 12.4. The highest BCUT2D eigenvalue weighted by molar-refractivity contribution is 5.83. The Morgan fingerprint density at radius 2 is 2.12 bits per heavy atom. The zero-order chi connectivity index (χ0) is 18.4. The van der Waals surface area contributed by atoms with Crippen molar-refractivity contribution in [3.63, 3.8) is 0 Å². The molecule has 2 N–H and O–H groups in total. The van der Waals surface area contributed by atoms with Gasteiger partial charge in [0.05, 0.1) is 12.7 Å². The molecular formula is C21H30O4. The van der Waals surface area contributed by atoms with Crippen LogP contribution in [-0.2, 0) is 22.6 Å². The Morgan fingerprint density at radius 1 is 1.36 bits per heavy atom. The molecule has 0 aromatic heterocycles. The molecule has 2 rings (SSSR count). The predicted octanol–water partition coefficient (Wildman–Crippen LogP) is 4.37. The zero-order valence-corrected chi connectivity index (χ0v) is 15.5. The van der Waals surface area contributed by atoms with E-state index in [9.17, 15) is 15.0 Å². The molecule has 0 unspecified atom stereocenters. The van der Waals surface area contributed by atoms with E-state index in [1.165, 1.54) is 5.57 Å². The predicted molar refractivity (Wildman–Crippen MR) is 98.5 cm³/mol. The first-order valence-corrected chi connectivity index (χ1v) is 9.23. The number of fused-ring (bicyclic) bond motifs is 1. The third kappa shape index (κ3) is 5.16. The summed E-state index contributed by atoms with van der Waals surface area (Å²) in [6.07, 6.45) is 5.19. The third-order valence-electron chi connectivity index (χ3n) is 4.74. The summed E-state index contributed by atoms with van der Waals surface area (Å²) in [5, 5.41) is 20.2. The van der Waals surface area contributed by atoms with Gasteiger partial charge in [0.15, 0.2) is 5.78 Å². The average molecular weight is 346 g/mol. The topological polar surface area (TPSA) is 66.8 Å². The van der Waals surface area contributed by atoms with Crippen molar-refractivity contribution in [2.45, 2.75) is 78.1 Å². The number of phenols is 1. The van der Waals surface area contributed by atoms with Gasteiger partial charge in [-0.15, -0.1) is 0 Å². The van der Waals surface area contributed by atoms with Crippen molar-refractivity contribution in [1.82, 2.24) is 0 Å². The number of ether oxygens (including phenoxy) is 1. The number of aromatic hydroxyl groups is 1. The van der Waals surface area contributed by atoms with E-state index in [4.69, 9.17) is 4.74 Å². The van der Waals surface area contributed by atoms with Gasteiger partial charge >= 0.3 is 0 Å². The van der Waals surface area contributed by atoms with Gasteiger partial charge in [-0.05, 0) is 43.9 Å². The number of aliphatic hydroxyl groups is 1. The van der Waals surface area contributed by atoms with Gasteiger partial charge in [0.2, 0.25) is 0 Å². The first kappa shape index (κ1) is 19.7. The molecule has 1 aromatic rings. The van der Waals surface area contributed by atoms with E-state index in [2.05, 4.69) is 13.0 Å². The molecule has 0 spiro atoms. The van der Waals surface area contributed by atoms with Crippen molar-refractivity contribution < 1.29 is 19.7 Å². The lowest BCUT2D eigenvalue weighted by Crippen LogP contribution is -2.22. The van der Waals surface area contributed by atoms with Gasteiger partial charge in [-0.2, -0.15) is 0 Å². The number of unbranched alkanes of at least 4 members (excludes halogenated alkanes) is 2. The van der Waals surface area contributed by atoms with E-state index in [1.807, 2.05) is 19.9 Å². The molecule has 0 amide bonds. The summed E-state index contributed by atoms with van der Waals surface area (Å²) >= 11 is 0. The molecule has 138 valence electrons. The fourth-order valence-corrected chi connectivity index (χ4v) is 3.24. The highest BCUT2D eigenvalue weighted by Gasteiger charge is 2.31. The Labute approximate surface area is 150 Å². The number of rotatable bonds is 9. The maximum Gasteiger partial charge on any atom is 0.164 e. The summed E-state index contributed by atoms with van der Waals surface area (Å²) < 4.78 is 5.79. The standard InChI is InChI=1S/C21H30O4/c1-4-5-6-7-18(23)19(24)12-20-21-15(9-8-14(2)3)10-11-17(22)16(21)13-25-20/h8,10-11,18,20,22-23H,4-7,9,12-13H2,1-3H3/t18-,20-/m0/s1. The van der Waals surface area contributed by atoms with E-state index >= 15 is 0 Å². The van der Waals surface area contributed by atoms with Crippen LogP contribution in [0.2, 0.25) is 0 Å². The lowest BCUT2D eigenvalue weighted by Gasteiger charge is -2.16. The first-order chi connectivity index (χ1) is 11.9. The van der Waals surface area contributed by atoms with E-state index < -0.39 is 6.10 Å². The Morgan fingerprint density at radius 3 is 2.80 bits per heavy atom. The molecule has 25 heavy (non-hydrogen) atoms. The number of carbonyl (C=O) groups excluding carboxylic acids is 1. The van der Waals surface area contributed by atoms with Crippen LogP contribution in [0.25, 0.3) is 0 Å². The zero-order valence-electron chi connectivity index (χ0n) is 15.5. The van der Waals surface area contributed by atoms with Crippen molar-refractivity contribution in [1.29, 1.82) is 0 Å². The minimum atomic E-state index is -0.919. The molecule has 0 bridgehead atoms. The smallest absolute Gasteiger partial charge is 0.164 e. The Bertz CT molecular complexity index is 629. The number of hydrogen-bond donors (Lipinski definition) is 2.